The van der Waals surface area contributed by atoms with Crippen LogP contribution in [0, 0.1) is 5.41 Å². The second kappa shape index (κ2) is 2.48. The molecule has 0 saturated carbocycles. The molecular formula is C7H14N2O. The van der Waals surface area contributed by atoms with Gasteiger partial charge in [0.25, 0.3) is 0 Å². The van der Waals surface area contributed by atoms with E-state index in [1.165, 1.54) is 0 Å². The molecule has 3 heteroatoms. The Kier molecular flexibility index (Phi) is 1.83. The summed E-state index contributed by atoms with van der Waals surface area (Å²) >= 11 is 0. The molecule has 1 heterocycles. The van der Waals surface area contributed by atoms with E-state index in [-0.39, 0.29) is 11.4 Å². The summed E-state index contributed by atoms with van der Waals surface area (Å²) in [5, 5.41) is 5.55. The van der Waals surface area contributed by atoms with Gasteiger partial charge in [-0.2, -0.15) is 0 Å². The maximum atomic E-state index is 10.6. The van der Waals surface area contributed by atoms with Gasteiger partial charge in [-0.1, -0.05) is 13.8 Å². The molecule has 0 aromatic carbocycles. The highest BCUT2D eigenvalue weighted by Crippen LogP contribution is 2.19. The van der Waals surface area contributed by atoms with Crippen LogP contribution >= 0.6 is 0 Å². The lowest BCUT2D eigenvalue weighted by atomic mass is 9.86. The first-order valence-corrected chi connectivity index (χ1v) is 3.68. The summed E-state index contributed by atoms with van der Waals surface area (Å²) in [6, 6.07) is -0.0362. The predicted octanol–water partition coefficient (Wildman–Crippen LogP) is 0.715. The third-order valence-electron chi connectivity index (χ3n) is 2.20. The molecule has 2 N–H and O–H groups in total. The van der Waals surface area contributed by atoms with Gasteiger partial charge in [0.15, 0.2) is 0 Å². The van der Waals surface area contributed by atoms with Crippen molar-refractivity contribution in [3.63, 3.8) is 0 Å². The smallest absolute Gasteiger partial charge is 0.314 e. The second-order valence-electron chi connectivity index (χ2n) is 3.20. The molecule has 2 amide bonds. The molecule has 0 atom stereocenters. The number of nitrogens with one attached hydrogen (secondary N) is 2. The van der Waals surface area contributed by atoms with Gasteiger partial charge in [0, 0.05) is 18.5 Å². The molecule has 0 aromatic heterocycles. The molecule has 0 aliphatic carbocycles. The Balaban J connectivity index is 2.46. The van der Waals surface area contributed by atoms with Crippen molar-refractivity contribution in [1.82, 2.24) is 10.6 Å². The van der Waals surface area contributed by atoms with E-state index in [4.69, 9.17) is 0 Å². The largest absolute Gasteiger partial charge is 0.338 e. The van der Waals surface area contributed by atoms with Crippen molar-refractivity contribution in [2.24, 2.45) is 5.41 Å². The van der Waals surface area contributed by atoms with Gasteiger partial charge in [0.2, 0.25) is 0 Å². The Morgan fingerprint density at radius 3 is 2.40 bits per heavy atom. The lowest BCUT2D eigenvalue weighted by molar-refractivity contribution is 0.202. The lowest BCUT2D eigenvalue weighted by Crippen LogP contribution is -2.53. The standard InChI is InChI=1S/C7H14N2O/c1-3-7(2)4-8-6(10)9-5-7/h3-5H2,1-2H3,(H2,8,9,10). The molecule has 1 aliphatic heterocycles. The number of carbonyl (C=O) groups excluding carboxylic acids is 1. The van der Waals surface area contributed by atoms with Crippen molar-refractivity contribution in [1.29, 1.82) is 0 Å². The van der Waals surface area contributed by atoms with Crippen molar-refractivity contribution < 1.29 is 4.79 Å². The van der Waals surface area contributed by atoms with Gasteiger partial charge in [-0.25, -0.2) is 4.79 Å². The molecule has 1 aliphatic rings. The minimum atomic E-state index is -0.0362. The monoisotopic (exact) mass is 142 g/mol. The molecular weight excluding hydrogens is 128 g/mol. The summed E-state index contributed by atoms with van der Waals surface area (Å²) in [6.45, 7) is 5.91. The molecule has 0 spiro atoms. The molecule has 0 unspecified atom stereocenters. The molecule has 3 nitrogen and oxygen atoms in total. The van der Waals surface area contributed by atoms with Gasteiger partial charge in [-0.05, 0) is 6.42 Å². The number of rotatable bonds is 1. The zero-order valence-corrected chi connectivity index (χ0v) is 6.53. The van der Waals surface area contributed by atoms with Crippen LogP contribution in [0.1, 0.15) is 20.3 Å². The molecule has 1 saturated heterocycles. The van der Waals surface area contributed by atoms with Crippen molar-refractivity contribution >= 4 is 6.03 Å². The third kappa shape index (κ3) is 1.40. The van der Waals surface area contributed by atoms with Crippen LogP contribution < -0.4 is 10.6 Å². The van der Waals surface area contributed by atoms with Crippen LogP contribution in [0.4, 0.5) is 4.79 Å². The van der Waals surface area contributed by atoms with Crippen LogP contribution in [0.3, 0.4) is 0 Å². The number of amides is 2. The number of hydrogen-bond acceptors (Lipinski definition) is 1. The molecule has 1 fully saturated rings. The van der Waals surface area contributed by atoms with E-state index in [0.717, 1.165) is 19.5 Å². The van der Waals surface area contributed by atoms with Gasteiger partial charge in [0.1, 0.15) is 0 Å². The fraction of sp³-hybridized carbons (Fsp3) is 0.857. The summed E-state index contributed by atoms with van der Waals surface area (Å²) in [5.41, 5.74) is 0.258. The normalized spacial score (nSPS) is 23.2. The van der Waals surface area contributed by atoms with E-state index in [1.54, 1.807) is 0 Å². The lowest BCUT2D eigenvalue weighted by Gasteiger charge is -2.33. The topological polar surface area (TPSA) is 41.1 Å². The van der Waals surface area contributed by atoms with Gasteiger partial charge in [-0.3, -0.25) is 0 Å². The van der Waals surface area contributed by atoms with E-state index in [0.29, 0.717) is 0 Å². The van der Waals surface area contributed by atoms with E-state index in [9.17, 15) is 4.79 Å². The average Bonchev–Trinajstić information content (AvgIpc) is 1.96. The Labute approximate surface area is 61.2 Å². The maximum absolute atomic E-state index is 10.6. The van der Waals surface area contributed by atoms with Crippen molar-refractivity contribution in [3.05, 3.63) is 0 Å². The summed E-state index contributed by atoms with van der Waals surface area (Å²) in [6.07, 6.45) is 1.10. The van der Waals surface area contributed by atoms with Crippen LogP contribution in [0.2, 0.25) is 0 Å². The number of hydrogen-bond donors (Lipinski definition) is 2. The Morgan fingerprint density at radius 1 is 1.50 bits per heavy atom. The van der Waals surface area contributed by atoms with Gasteiger partial charge in [0.05, 0.1) is 0 Å². The van der Waals surface area contributed by atoms with Gasteiger partial charge < -0.3 is 10.6 Å². The zero-order valence-electron chi connectivity index (χ0n) is 6.53. The molecule has 58 valence electrons. The SMILES string of the molecule is CCC1(C)CNC(=O)NC1. The highest BCUT2D eigenvalue weighted by molar-refractivity contribution is 5.74. The predicted molar refractivity (Wildman–Crippen MR) is 39.8 cm³/mol. The quantitative estimate of drug-likeness (QED) is 0.556. The van der Waals surface area contributed by atoms with Crippen molar-refractivity contribution in [3.8, 4) is 0 Å². The molecule has 0 aromatic rings. The molecule has 0 radical (unpaired) electrons. The first-order chi connectivity index (χ1) is 4.66. The zero-order chi connectivity index (χ0) is 7.61. The third-order valence-corrected chi connectivity index (χ3v) is 2.20. The van der Waals surface area contributed by atoms with Crippen LogP contribution in [0.5, 0.6) is 0 Å². The van der Waals surface area contributed by atoms with E-state index >= 15 is 0 Å². The Morgan fingerprint density at radius 2 is 2.00 bits per heavy atom. The highest BCUT2D eigenvalue weighted by Gasteiger charge is 2.27. The minimum Gasteiger partial charge on any atom is -0.338 e. The summed E-state index contributed by atoms with van der Waals surface area (Å²) in [4.78, 5) is 10.6. The first kappa shape index (κ1) is 7.38. The molecule has 0 bridgehead atoms. The van der Waals surface area contributed by atoms with E-state index < -0.39 is 0 Å². The van der Waals surface area contributed by atoms with Crippen LogP contribution in [-0.2, 0) is 0 Å². The highest BCUT2D eigenvalue weighted by atomic mass is 16.2. The number of urea groups is 1. The van der Waals surface area contributed by atoms with Crippen molar-refractivity contribution in [2.45, 2.75) is 20.3 Å². The Hall–Kier alpha value is -0.730. The minimum absolute atomic E-state index is 0.0362. The summed E-state index contributed by atoms with van der Waals surface area (Å²) in [5.74, 6) is 0. The average molecular weight is 142 g/mol. The molecule has 1 rings (SSSR count). The van der Waals surface area contributed by atoms with Crippen LogP contribution in [-0.4, -0.2) is 19.1 Å². The van der Waals surface area contributed by atoms with E-state index in [2.05, 4.69) is 24.5 Å². The maximum Gasteiger partial charge on any atom is 0.314 e. The van der Waals surface area contributed by atoms with Gasteiger partial charge in [-0.15, -0.1) is 0 Å². The second-order valence-corrected chi connectivity index (χ2v) is 3.20. The molecule has 10 heavy (non-hydrogen) atoms. The van der Waals surface area contributed by atoms with Crippen LogP contribution in [0.25, 0.3) is 0 Å². The summed E-state index contributed by atoms with van der Waals surface area (Å²) in [7, 11) is 0. The van der Waals surface area contributed by atoms with Gasteiger partial charge >= 0.3 is 6.03 Å². The Bertz CT molecular complexity index is 135. The fourth-order valence-electron chi connectivity index (χ4n) is 0.962. The van der Waals surface area contributed by atoms with Crippen molar-refractivity contribution in [2.75, 3.05) is 13.1 Å². The first-order valence-electron chi connectivity index (χ1n) is 3.68. The van der Waals surface area contributed by atoms with E-state index in [1.807, 2.05) is 0 Å². The summed E-state index contributed by atoms with van der Waals surface area (Å²) < 4.78 is 0. The van der Waals surface area contributed by atoms with Crippen LogP contribution in [0.15, 0.2) is 0 Å². The fourth-order valence-corrected chi connectivity index (χ4v) is 0.962. The number of carbonyl (C=O) groups is 1.